The van der Waals surface area contributed by atoms with Crippen LogP contribution in [-0.4, -0.2) is 21.8 Å². The molecule has 0 fully saturated rings. The summed E-state index contributed by atoms with van der Waals surface area (Å²) in [6.07, 6.45) is 5.70. The van der Waals surface area contributed by atoms with Gasteiger partial charge in [0.25, 0.3) is 0 Å². The molecule has 108 valence electrons. The fraction of sp³-hybridized carbons (Fsp3) is 0.438. The van der Waals surface area contributed by atoms with Gasteiger partial charge in [-0.1, -0.05) is 26.0 Å². The molecular formula is C16H23N3S. The lowest BCUT2D eigenvalue weighted by Gasteiger charge is -2.09. The van der Waals surface area contributed by atoms with E-state index in [0.717, 1.165) is 25.4 Å². The fourth-order valence-electron chi connectivity index (χ4n) is 1.94. The molecule has 0 bridgehead atoms. The minimum atomic E-state index is 0.697. The zero-order valence-corrected chi connectivity index (χ0v) is 13.1. The summed E-state index contributed by atoms with van der Waals surface area (Å²) in [5.41, 5.74) is 1.36. The normalized spacial score (nSPS) is 11.2. The molecule has 2 rings (SSSR count). The maximum absolute atomic E-state index is 4.06. The third-order valence-electron chi connectivity index (χ3n) is 2.96. The molecule has 0 saturated heterocycles. The minimum absolute atomic E-state index is 0.697. The highest BCUT2D eigenvalue weighted by atomic mass is 32.2. The van der Waals surface area contributed by atoms with Crippen molar-refractivity contribution in [1.82, 2.24) is 14.9 Å². The van der Waals surface area contributed by atoms with Gasteiger partial charge in [0.1, 0.15) is 0 Å². The molecule has 20 heavy (non-hydrogen) atoms. The van der Waals surface area contributed by atoms with Gasteiger partial charge in [0.05, 0.1) is 6.33 Å². The largest absolute Gasteiger partial charge is 0.337 e. The minimum Gasteiger partial charge on any atom is -0.337 e. The van der Waals surface area contributed by atoms with Crippen LogP contribution in [0.5, 0.6) is 0 Å². The van der Waals surface area contributed by atoms with E-state index >= 15 is 0 Å². The van der Waals surface area contributed by atoms with Crippen molar-refractivity contribution in [3.05, 3.63) is 48.5 Å². The molecule has 4 heteroatoms. The zero-order valence-electron chi connectivity index (χ0n) is 12.2. The number of thioether (sulfide) groups is 1. The average molecular weight is 289 g/mol. The average Bonchev–Trinajstić information content (AvgIpc) is 2.92. The Morgan fingerprint density at radius 1 is 1.35 bits per heavy atom. The number of rotatable bonds is 8. The molecule has 0 saturated carbocycles. The first-order chi connectivity index (χ1) is 9.74. The van der Waals surface area contributed by atoms with Gasteiger partial charge in [-0.25, -0.2) is 4.98 Å². The van der Waals surface area contributed by atoms with Gasteiger partial charge in [-0.2, -0.15) is 0 Å². The van der Waals surface area contributed by atoms with Crippen molar-refractivity contribution >= 4 is 11.8 Å². The Morgan fingerprint density at radius 3 is 3.00 bits per heavy atom. The molecule has 1 N–H and O–H groups in total. The summed E-state index contributed by atoms with van der Waals surface area (Å²) in [6, 6.07) is 8.80. The number of hydrogen-bond donors (Lipinski definition) is 1. The van der Waals surface area contributed by atoms with Crippen LogP contribution in [0.3, 0.4) is 0 Å². The first kappa shape index (κ1) is 15.1. The van der Waals surface area contributed by atoms with Crippen molar-refractivity contribution in [1.29, 1.82) is 0 Å². The molecule has 0 radical (unpaired) electrons. The number of aromatic nitrogens is 2. The van der Waals surface area contributed by atoms with Crippen LogP contribution in [0, 0.1) is 5.92 Å². The van der Waals surface area contributed by atoms with E-state index in [4.69, 9.17) is 0 Å². The molecule has 0 aliphatic rings. The van der Waals surface area contributed by atoms with Crippen LogP contribution in [0.15, 0.2) is 47.9 Å². The smallest absolute Gasteiger partial charge is 0.0946 e. The van der Waals surface area contributed by atoms with Gasteiger partial charge < -0.3 is 9.88 Å². The maximum Gasteiger partial charge on any atom is 0.0946 e. The van der Waals surface area contributed by atoms with E-state index in [2.05, 4.69) is 53.0 Å². The molecule has 0 amide bonds. The van der Waals surface area contributed by atoms with Gasteiger partial charge in [0.2, 0.25) is 0 Å². The molecule has 1 heterocycles. The highest BCUT2D eigenvalue weighted by Gasteiger charge is 1.99. The fourth-order valence-corrected chi connectivity index (χ4v) is 2.89. The van der Waals surface area contributed by atoms with Crippen molar-refractivity contribution in [2.24, 2.45) is 5.92 Å². The summed E-state index contributed by atoms with van der Waals surface area (Å²) in [6.45, 7) is 7.48. The Labute approximate surface area is 125 Å². The van der Waals surface area contributed by atoms with E-state index in [0.29, 0.717) is 5.92 Å². The number of hydrogen-bond acceptors (Lipinski definition) is 3. The standard InChI is InChI=1S/C16H23N3S/c1-14(2)11-18-12-15-4-3-5-16(10-15)20-9-8-19-7-6-17-13-19/h3-7,10,13-14,18H,8-9,11-12H2,1-2H3. The first-order valence-electron chi connectivity index (χ1n) is 7.12. The van der Waals surface area contributed by atoms with Gasteiger partial charge in [-0.3, -0.25) is 0 Å². The second-order valence-corrected chi connectivity index (χ2v) is 6.49. The number of aryl methyl sites for hydroxylation is 1. The van der Waals surface area contributed by atoms with E-state index in [-0.39, 0.29) is 0 Å². The van der Waals surface area contributed by atoms with Gasteiger partial charge in [-0.15, -0.1) is 11.8 Å². The molecule has 1 aromatic heterocycles. The van der Waals surface area contributed by atoms with Crippen molar-refractivity contribution < 1.29 is 0 Å². The molecular weight excluding hydrogens is 266 g/mol. The number of nitrogens with zero attached hydrogens (tertiary/aromatic N) is 2. The van der Waals surface area contributed by atoms with Crippen LogP contribution < -0.4 is 5.32 Å². The SMILES string of the molecule is CC(C)CNCc1cccc(SCCn2ccnc2)c1. The van der Waals surface area contributed by atoms with Gasteiger partial charge in [0.15, 0.2) is 0 Å². The van der Waals surface area contributed by atoms with Gasteiger partial charge in [0, 0.05) is 36.1 Å². The van der Waals surface area contributed by atoms with Crippen molar-refractivity contribution in [2.45, 2.75) is 31.8 Å². The van der Waals surface area contributed by atoms with Gasteiger partial charge >= 0.3 is 0 Å². The molecule has 1 aromatic carbocycles. The molecule has 0 aliphatic carbocycles. The Hall–Kier alpha value is -1.26. The maximum atomic E-state index is 4.06. The van der Waals surface area contributed by atoms with Crippen molar-refractivity contribution in [3.63, 3.8) is 0 Å². The Balaban J connectivity index is 1.77. The summed E-state index contributed by atoms with van der Waals surface area (Å²) in [7, 11) is 0. The molecule has 2 aromatic rings. The number of imidazole rings is 1. The van der Waals surface area contributed by atoms with Crippen LogP contribution in [0.25, 0.3) is 0 Å². The summed E-state index contributed by atoms with van der Waals surface area (Å²) >= 11 is 1.90. The second-order valence-electron chi connectivity index (χ2n) is 5.32. The summed E-state index contributed by atoms with van der Waals surface area (Å²) in [4.78, 5) is 5.40. The van der Waals surface area contributed by atoms with E-state index < -0.39 is 0 Å². The van der Waals surface area contributed by atoms with E-state index in [1.54, 1.807) is 0 Å². The number of benzene rings is 1. The Morgan fingerprint density at radius 2 is 2.25 bits per heavy atom. The molecule has 0 unspecified atom stereocenters. The van der Waals surface area contributed by atoms with Crippen LogP contribution in [-0.2, 0) is 13.1 Å². The van der Waals surface area contributed by atoms with Crippen molar-refractivity contribution in [3.8, 4) is 0 Å². The lowest BCUT2D eigenvalue weighted by molar-refractivity contribution is 0.552. The highest BCUT2D eigenvalue weighted by molar-refractivity contribution is 7.99. The predicted octanol–water partition coefficient (Wildman–Crippen LogP) is 3.42. The molecule has 3 nitrogen and oxygen atoms in total. The predicted molar refractivity (Wildman–Crippen MR) is 85.9 cm³/mol. The monoisotopic (exact) mass is 289 g/mol. The molecule has 0 spiro atoms. The van der Waals surface area contributed by atoms with E-state index in [1.165, 1.54) is 10.5 Å². The number of nitrogens with one attached hydrogen (secondary N) is 1. The molecule has 0 aliphatic heterocycles. The first-order valence-corrected chi connectivity index (χ1v) is 8.11. The molecule has 0 atom stereocenters. The second kappa shape index (κ2) is 8.12. The van der Waals surface area contributed by atoms with Gasteiger partial charge in [-0.05, 0) is 30.2 Å². The topological polar surface area (TPSA) is 29.9 Å². The highest BCUT2D eigenvalue weighted by Crippen LogP contribution is 2.19. The summed E-state index contributed by atoms with van der Waals surface area (Å²) in [5.74, 6) is 1.77. The van der Waals surface area contributed by atoms with Crippen LogP contribution in [0.4, 0.5) is 0 Å². The summed E-state index contributed by atoms with van der Waals surface area (Å²) < 4.78 is 2.11. The van der Waals surface area contributed by atoms with Crippen LogP contribution in [0.1, 0.15) is 19.4 Å². The van der Waals surface area contributed by atoms with Crippen LogP contribution in [0.2, 0.25) is 0 Å². The van der Waals surface area contributed by atoms with E-state index in [1.807, 2.05) is 30.5 Å². The lowest BCUT2D eigenvalue weighted by Crippen LogP contribution is -2.18. The van der Waals surface area contributed by atoms with Crippen LogP contribution >= 0.6 is 11.8 Å². The quantitative estimate of drug-likeness (QED) is 0.755. The lowest BCUT2D eigenvalue weighted by atomic mass is 10.2. The third-order valence-corrected chi connectivity index (χ3v) is 3.93. The van der Waals surface area contributed by atoms with Crippen molar-refractivity contribution in [2.75, 3.05) is 12.3 Å². The Kier molecular flexibility index (Phi) is 6.15. The third kappa shape index (κ3) is 5.39. The zero-order chi connectivity index (χ0) is 14.2. The summed E-state index contributed by atoms with van der Waals surface area (Å²) in [5, 5.41) is 3.49. The van der Waals surface area contributed by atoms with E-state index in [9.17, 15) is 0 Å². The Bertz CT molecular complexity index is 494.